The normalized spacial score (nSPS) is 13.1. The van der Waals surface area contributed by atoms with Crippen molar-refractivity contribution in [1.82, 2.24) is 9.88 Å². The van der Waals surface area contributed by atoms with Crippen molar-refractivity contribution >= 4 is 32.6 Å². The van der Waals surface area contributed by atoms with Crippen molar-refractivity contribution in [1.29, 1.82) is 0 Å². The molecule has 0 aliphatic carbocycles. The molecule has 152 valence electrons. The Bertz CT molecular complexity index is 988. The van der Waals surface area contributed by atoms with E-state index in [4.69, 9.17) is 14.5 Å². The Labute approximate surface area is 174 Å². The van der Waals surface area contributed by atoms with E-state index in [0.717, 1.165) is 34.5 Å². The maximum Gasteiger partial charge on any atom is 0.260 e. The third-order valence-electron chi connectivity index (χ3n) is 4.88. The highest BCUT2D eigenvalue weighted by molar-refractivity contribution is 7.22. The smallest absolute Gasteiger partial charge is 0.260 e. The summed E-state index contributed by atoms with van der Waals surface area (Å²) in [6.45, 7) is 4.56. The molecule has 6 nitrogen and oxygen atoms in total. The predicted octanol–water partition coefficient (Wildman–Crippen LogP) is 3.97. The number of benzene rings is 2. The van der Waals surface area contributed by atoms with E-state index >= 15 is 0 Å². The fraction of sp³-hybridized carbons (Fsp3) is 0.364. The zero-order chi connectivity index (χ0) is 20.4. The van der Waals surface area contributed by atoms with Crippen molar-refractivity contribution < 1.29 is 14.3 Å². The zero-order valence-electron chi connectivity index (χ0n) is 17.0. The molecule has 2 heterocycles. The highest BCUT2D eigenvalue weighted by Gasteiger charge is 2.23. The topological polar surface area (TPSA) is 54.9 Å². The van der Waals surface area contributed by atoms with Crippen molar-refractivity contribution in [3.63, 3.8) is 0 Å². The molecule has 0 saturated carbocycles. The number of aromatic nitrogens is 1. The van der Waals surface area contributed by atoms with Crippen molar-refractivity contribution in [2.24, 2.45) is 0 Å². The fourth-order valence-electron chi connectivity index (χ4n) is 3.36. The Morgan fingerprint density at radius 3 is 2.55 bits per heavy atom. The third kappa shape index (κ3) is 4.21. The SMILES string of the molecule is Cc1ccccc1C(=O)N(CCCN(C)C)c1nc2cc3c(cc2s1)OCCO3. The van der Waals surface area contributed by atoms with Crippen LogP contribution >= 0.6 is 11.3 Å². The monoisotopic (exact) mass is 411 g/mol. The minimum atomic E-state index is -0.0156. The van der Waals surface area contributed by atoms with Crippen LogP contribution in [-0.2, 0) is 0 Å². The van der Waals surface area contributed by atoms with Crippen molar-refractivity contribution in [2.75, 3.05) is 45.3 Å². The van der Waals surface area contributed by atoms with E-state index < -0.39 is 0 Å². The van der Waals surface area contributed by atoms with Gasteiger partial charge in [-0.05, 0) is 45.6 Å². The molecule has 4 rings (SSSR count). The van der Waals surface area contributed by atoms with Gasteiger partial charge in [-0.15, -0.1) is 0 Å². The summed E-state index contributed by atoms with van der Waals surface area (Å²) in [6.07, 6.45) is 0.864. The van der Waals surface area contributed by atoms with Crippen LogP contribution in [0.15, 0.2) is 36.4 Å². The van der Waals surface area contributed by atoms with E-state index in [1.165, 1.54) is 11.3 Å². The first-order chi connectivity index (χ1) is 14.0. The van der Waals surface area contributed by atoms with Gasteiger partial charge in [0.2, 0.25) is 0 Å². The Balaban J connectivity index is 1.70. The van der Waals surface area contributed by atoms with Gasteiger partial charge in [0.15, 0.2) is 16.6 Å². The summed E-state index contributed by atoms with van der Waals surface area (Å²) >= 11 is 1.51. The second kappa shape index (κ2) is 8.39. The molecule has 0 radical (unpaired) electrons. The van der Waals surface area contributed by atoms with E-state index in [-0.39, 0.29) is 5.91 Å². The molecule has 0 fully saturated rings. The molecule has 0 atom stereocenters. The number of carbonyl (C=O) groups is 1. The second-order valence-corrected chi connectivity index (χ2v) is 8.40. The summed E-state index contributed by atoms with van der Waals surface area (Å²) in [7, 11) is 4.07. The maximum atomic E-state index is 13.4. The number of amides is 1. The number of carbonyl (C=O) groups excluding carboxylic acids is 1. The Kier molecular flexibility index (Phi) is 5.69. The fourth-order valence-corrected chi connectivity index (χ4v) is 4.36. The average molecular weight is 412 g/mol. The lowest BCUT2D eigenvalue weighted by Crippen LogP contribution is -2.33. The molecule has 1 aliphatic heterocycles. The van der Waals surface area contributed by atoms with Crippen LogP contribution in [-0.4, -0.2) is 56.2 Å². The molecular formula is C22H25N3O3S. The maximum absolute atomic E-state index is 13.4. The number of ether oxygens (including phenoxy) is 2. The largest absolute Gasteiger partial charge is 0.486 e. The average Bonchev–Trinajstić information content (AvgIpc) is 3.11. The predicted molar refractivity (Wildman–Crippen MR) is 117 cm³/mol. The molecule has 7 heteroatoms. The lowest BCUT2D eigenvalue weighted by molar-refractivity contribution is 0.0985. The highest BCUT2D eigenvalue weighted by Crippen LogP contribution is 2.39. The molecule has 0 spiro atoms. The number of thiazole rings is 1. The Morgan fingerprint density at radius 1 is 1.10 bits per heavy atom. The van der Waals surface area contributed by atoms with Crippen molar-refractivity contribution in [2.45, 2.75) is 13.3 Å². The lowest BCUT2D eigenvalue weighted by Gasteiger charge is -2.21. The quantitative estimate of drug-likeness (QED) is 0.614. The molecule has 1 aromatic heterocycles. The third-order valence-corrected chi connectivity index (χ3v) is 5.92. The molecule has 0 bridgehead atoms. The van der Waals surface area contributed by atoms with Gasteiger partial charge in [-0.3, -0.25) is 9.69 Å². The summed E-state index contributed by atoms with van der Waals surface area (Å²) in [6, 6.07) is 11.6. The van der Waals surface area contributed by atoms with Gasteiger partial charge in [-0.1, -0.05) is 29.5 Å². The minimum Gasteiger partial charge on any atom is -0.486 e. The van der Waals surface area contributed by atoms with Crippen LogP contribution in [0.3, 0.4) is 0 Å². The summed E-state index contributed by atoms with van der Waals surface area (Å²) < 4.78 is 12.4. The van der Waals surface area contributed by atoms with Gasteiger partial charge in [0.05, 0.1) is 10.2 Å². The standard InChI is InChI=1S/C22H25N3O3S/c1-15-7-4-5-8-16(15)21(26)25(10-6-9-24(2)3)22-23-17-13-18-19(14-20(17)29-22)28-12-11-27-18/h4-5,7-8,13-14H,6,9-12H2,1-3H3. The number of anilines is 1. The van der Waals surface area contributed by atoms with Crippen molar-refractivity contribution in [3.05, 3.63) is 47.5 Å². The Hall–Kier alpha value is -2.64. The van der Waals surface area contributed by atoms with Gasteiger partial charge < -0.3 is 14.4 Å². The Morgan fingerprint density at radius 2 is 1.83 bits per heavy atom. The van der Waals surface area contributed by atoms with Gasteiger partial charge in [0.1, 0.15) is 13.2 Å². The van der Waals surface area contributed by atoms with Crippen LogP contribution in [0.2, 0.25) is 0 Å². The summed E-state index contributed by atoms with van der Waals surface area (Å²) in [5.41, 5.74) is 2.50. The van der Waals surface area contributed by atoms with Gasteiger partial charge in [0, 0.05) is 24.2 Å². The summed E-state index contributed by atoms with van der Waals surface area (Å²) in [5.74, 6) is 1.44. The van der Waals surface area contributed by atoms with Crippen LogP contribution in [0, 0.1) is 6.92 Å². The molecule has 1 aliphatic rings. The summed E-state index contributed by atoms with van der Waals surface area (Å²) in [5, 5.41) is 0.703. The number of fused-ring (bicyclic) bond motifs is 2. The first-order valence-corrected chi connectivity index (χ1v) is 10.6. The summed E-state index contributed by atoms with van der Waals surface area (Å²) in [4.78, 5) is 22.1. The van der Waals surface area contributed by atoms with Crippen LogP contribution in [0.25, 0.3) is 10.2 Å². The van der Waals surface area contributed by atoms with Gasteiger partial charge in [0.25, 0.3) is 5.91 Å². The van der Waals surface area contributed by atoms with Crippen LogP contribution in [0.5, 0.6) is 11.5 Å². The molecule has 3 aromatic rings. The molecule has 0 N–H and O–H groups in total. The number of rotatable bonds is 6. The van der Waals surface area contributed by atoms with E-state index in [0.29, 0.717) is 36.2 Å². The van der Waals surface area contributed by atoms with Crippen molar-refractivity contribution in [3.8, 4) is 11.5 Å². The van der Waals surface area contributed by atoms with Crippen LogP contribution < -0.4 is 14.4 Å². The molecular weight excluding hydrogens is 386 g/mol. The molecule has 29 heavy (non-hydrogen) atoms. The van der Waals surface area contributed by atoms with Gasteiger partial charge in [-0.2, -0.15) is 0 Å². The molecule has 1 amide bonds. The van der Waals surface area contributed by atoms with E-state index in [9.17, 15) is 4.79 Å². The highest BCUT2D eigenvalue weighted by atomic mass is 32.1. The lowest BCUT2D eigenvalue weighted by atomic mass is 10.1. The van der Waals surface area contributed by atoms with Gasteiger partial charge >= 0.3 is 0 Å². The first-order valence-electron chi connectivity index (χ1n) is 9.75. The number of aryl methyl sites for hydroxylation is 1. The second-order valence-electron chi connectivity index (χ2n) is 7.39. The minimum absolute atomic E-state index is 0.0156. The number of hydrogen-bond acceptors (Lipinski definition) is 6. The van der Waals surface area contributed by atoms with Gasteiger partial charge in [-0.25, -0.2) is 4.98 Å². The van der Waals surface area contributed by atoms with Crippen LogP contribution in [0.4, 0.5) is 5.13 Å². The van der Waals surface area contributed by atoms with E-state index in [2.05, 4.69) is 4.90 Å². The molecule has 0 saturated heterocycles. The molecule has 2 aromatic carbocycles. The first kappa shape index (κ1) is 19.7. The van der Waals surface area contributed by atoms with E-state index in [1.54, 1.807) is 4.90 Å². The van der Waals surface area contributed by atoms with Crippen LogP contribution in [0.1, 0.15) is 22.3 Å². The molecule has 0 unspecified atom stereocenters. The number of hydrogen-bond donors (Lipinski definition) is 0. The zero-order valence-corrected chi connectivity index (χ0v) is 17.8. The number of nitrogens with zero attached hydrogens (tertiary/aromatic N) is 3. The van der Waals surface area contributed by atoms with E-state index in [1.807, 2.05) is 57.4 Å².